The zero-order chi connectivity index (χ0) is 16.8. The van der Waals surface area contributed by atoms with E-state index in [0.29, 0.717) is 11.1 Å². The summed E-state index contributed by atoms with van der Waals surface area (Å²) < 4.78 is 10.1. The minimum absolute atomic E-state index is 0.0602. The average Bonchev–Trinajstić information content (AvgIpc) is 2.43. The van der Waals surface area contributed by atoms with Gasteiger partial charge >= 0.3 is 6.09 Å². The second kappa shape index (κ2) is 7.36. The molecule has 0 saturated carbocycles. The summed E-state index contributed by atoms with van der Waals surface area (Å²) in [5.74, 6) is 0.161. The van der Waals surface area contributed by atoms with Gasteiger partial charge < -0.3 is 19.9 Å². The molecule has 0 bridgehead atoms. The van der Waals surface area contributed by atoms with Crippen LogP contribution in [0.1, 0.15) is 31.9 Å². The molecule has 22 heavy (non-hydrogen) atoms. The molecule has 0 heterocycles. The highest BCUT2D eigenvalue weighted by Crippen LogP contribution is 2.32. The van der Waals surface area contributed by atoms with Crippen LogP contribution in [0.3, 0.4) is 0 Å². The Labute approximate surface area is 130 Å². The summed E-state index contributed by atoms with van der Waals surface area (Å²) in [6.07, 6.45) is 2.71. The highest BCUT2D eigenvalue weighted by Gasteiger charge is 2.15. The van der Waals surface area contributed by atoms with Gasteiger partial charge in [-0.15, -0.1) is 0 Å². The highest BCUT2D eigenvalue weighted by atomic mass is 16.6. The van der Waals surface area contributed by atoms with Crippen molar-refractivity contribution in [2.24, 2.45) is 0 Å². The molecule has 1 aromatic carbocycles. The van der Waals surface area contributed by atoms with Crippen molar-refractivity contribution >= 4 is 12.2 Å². The Bertz CT molecular complexity index is 610. The molecule has 0 atom stereocenters. The maximum absolute atomic E-state index is 11.5. The first-order chi connectivity index (χ1) is 10.3. The van der Waals surface area contributed by atoms with E-state index in [2.05, 4.69) is 5.32 Å². The quantitative estimate of drug-likeness (QED) is 0.892. The number of hydrogen-bond acceptors (Lipinski definition) is 5. The molecule has 1 amide bonds. The topological polar surface area (TPSA) is 91.6 Å². The van der Waals surface area contributed by atoms with Crippen molar-refractivity contribution in [2.75, 3.05) is 13.7 Å². The molecule has 6 heteroatoms. The molecule has 1 aromatic rings. The number of ether oxygens (including phenoxy) is 2. The number of alkyl carbamates (subject to hydrolysis) is 1. The van der Waals surface area contributed by atoms with Crippen LogP contribution in [0.2, 0.25) is 0 Å². The molecule has 0 aromatic heterocycles. The lowest BCUT2D eigenvalue weighted by Crippen LogP contribution is -2.32. The van der Waals surface area contributed by atoms with Gasteiger partial charge in [-0.25, -0.2) is 4.79 Å². The van der Waals surface area contributed by atoms with Crippen LogP contribution in [0, 0.1) is 11.3 Å². The number of aromatic hydroxyl groups is 1. The molecular weight excluding hydrogens is 284 g/mol. The fraction of sp³-hybridized carbons (Fsp3) is 0.375. The molecular formula is C16H20N2O4. The first kappa shape index (κ1) is 17.4. The average molecular weight is 304 g/mol. The lowest BCUT2D eigenvalue weighted by Gasteiger charge is -2.19. The van der Waals surface area contributed by atoms with Crippen molar-refractivity contribution in [1.82, 2.24) is 5.32 Å². The summed E-state index contributed by atoms with van der Waals surface area (Å²) in [6, 6.07) is 4.97. The van der Waals surface area contributed by atoms with Gasteiger partial charge in [0, 0.05) is 18.2 Å². The number of nitrogens with one attached hydrogen (secondary N) is 1. The third-order valence-electron chi connectivity index (χ3n) is 2.51. The summed E-state index contributed by atoms with van der Waals surface area (Å²) >= 11 is 0. The van der Waals surface area contributed by atoms with Crippen molar-refractivity contribution in [3.8, 4) is 17.6 Å². The molecule has 0 radical (unpaired) electrons. The summed E-state index contributed by atoms with van der Waals surface area (Å²) in [4.78, 5) is 11.5. The Morgan fingerprint density at radius 2 is 2.14 bits per heavy atom. The molecule has 118 valence electrons. The Morgan fingerprint density at radius 1 is 1.45 bits per heavy atom. The van der Waals surface area contributed by atoms with E-state index in [1.807, 2.05) is 6.07 Å². The maximum atomic E-state index is 11.5. The van der Waals surface area contributed by atoms with Gasteiger partial charge in [-0.05, 0) is 26.8 Å². The van der Waals surface area contributed by atoms with Gasteiger partial charge in [0.2, 0.25) is 0 Å². The predicted molar refractivity (Wildman–Crippen MR) is 82.6 cm³/mol. The van der Waals surface area contributed by atoms with E-state index >= 15 is 0 Å². The summed E-state index contributed by atoms with van der Waals surface area (Å²) in [5.41, 5.74) is 0.247. The maximum Gasteiger partial charge on any atom is 0.407 e. The third-order valence-corrected chi connectivity index (χ3v) is 2.51. The largest absolute Gasteiger partial charge is 0.504 e. The van der Waals surface area contributed by atoms with Crippen molar-refractivity contribution in [3.63, 3.8) is 0 Å². The number of rotatable bonds is 4. The molecule has 2 N–H and O–H groups in total. The van der Waals surface area contributed by atoms with Crippen molar-refractivity contribution in [2.45, 2.75) is 26.4 Å². The smallest absolute Gasteiger partial charge is 0.407 e. The van der Waals surface area contributed by atoms with Crippen LogP contribution in [0.15, 0.2) is 18.2 Å². The number of methoxy groups -OCH3 is 1. The minimum atomic E-state index is -0.555. The van der Waals surface area contributed by atoms with Gasteiger partial charge in [0.05, 0.1) is 18.7 Å². The summed E-state index contributed by atoms with van der Waals surface area (Å²) in [6.45, 7) is 5.56. The van der Waals surface area contributed by atoms with Crippen molar-refractivity contribution in [1.29, 1.82) is 5.26 Å². The highest BCUT2D eigenvalue weighted by molar-refractivity contribution is 5.69. The number of carbonyl (C=O) groups excluding carboxylic acids is 1. The Hall–Kier alpha value is -2.68. The van der Waals surface area contributed by atoms with E-state index in [9.17, 15) is 9.90 Å². The molecule has 0 unspecified atom stereocenters. The second-order valence-electron chi connectivity index (χ2n) is 5.51. The van der Waals surface area contributed by atoms with Crippen LogP contribution >= 0.6 is 0 Å². The van der Waals surface area contributed by atoms with Gasteiger partial charge in [0.25, 0.3) is 0 Å². The molecule has 0 fully saturated rings. The summed E-state index contributed by atoms with van der Waals surface area (Å²) in [7, 11) is 1.41. The second-order valence-corrected chi connectivity index (χ2v) is 5.51. The lowest BCUT2D eigenvalue weighted by atomic mass is 10.1. The molecule has 0 saturated heterocycles. The molecule has 0 aliphatic heterocycles. The zero-order valence-electron chi connectivity index (χ0n) is 13.1. The van der Waals surface area contributed by atoms with Crippen LogP contribution in [0.4, 0.5) is 4.79 Å². The number of phenolic OH excluding ortho intramolecular Hbond substituents is 1. The normalized spacial score (nSPS) is 11.0. The van der Waals surface area contributed by atoms with E-state index in [1.165, 1.54) is 19.2 Å². The van der Waals surface area contributed by atoms with Crippen LogP contribution < -0.4 is 10.1 Å². The Kier molecular flexibility index (Phi) is 5.81. The Morgan fingerprint density at radius 3 is 2.68 bits per heavy atom. The number of hydrogen-bond donors (Lipinski definition) is 2. The number of phenols is 1. The number of nitriles is 1. The van der Waals surface area contributed by atoms with Gasteiger partial charge in [0.1, 0.15) is 5.60 Å². The monoisotopic (exact) mass is 304 g/mol. The van der Waals surface area contributed by atoms with Crippen LogP contribution in [-0.2, 0) is 4.74 Å². The van der Waals surface area contributed by atoms with Crippen LogP contribution in [-0.4, -0.2) is 30.5 Å². The third kappa shape index (κ3) is 5.37. The first-order valence-electron chi connectivity index (χ1n) is 6.71. The van der Waals surface area contributed by atoms with Crippen molar-refractivity contribution in [3.05, 3.63) is 29.3 Å². The molecule has 1 rings (SSSR count). The van der Waals surface area contributed by atoms with Gasteiger partial charge in [-0.2, -0.15) is 5.26 Å². The number of carbonyl (C=O) groups is 1. The van der Waals surface area contributed by atoms with E-state index in [-0.39, 0.29) is 18.0 Å². The molecule has 0 aliphatic carbocycles. The van der Waals surface area contributed by atoms with Gasteiger partial charge in [-0.3, -0.25) is 0 Å². The fourth-order valence-corrected chi connectivity index (χ4v) is 1.62. The molecule has 0 aliphatic rings. The predicted octanol–water partition coefficient (Wildman–Crippen LogP) is 2.81. The zero-order valence-corrected chi connectivity index (χ0v) is 13.1. The Balaban J connectivity index is 2.71. The first-order valence-corrected chi connectivity index (χ1v) is 6.71. The minimum Gasteiger partial charge on any atom is -0.504 e. The number of amides is 1. The number of nitrogens with zero attached hydrogens (tertiary/aromatic N) is 1. The van der Waals surface area contributed by atoms with Crippen molar-refractivity contribution < 1.29 is 19.4 Å². The molecule has 6 nitrogen and oxygen atoms in total. The van der Waals surface area contributed by atoms with E-state index in [0.717, 1.165) is 0 Å². The van der Waals surface area contributed by atoms with E-state index < -0.39 is 11.7 Å². The molecule has 0 spiro atoms. The van der Waals surface area contributed by atoms with Crippen LogP contribution in [0.5, 0.6) is 11.5 Å². The van der Waals surface area contributed by atoms with Gasteiger partial charge in [0.15, 0.2) is 11.5 Å². The SMILES string of the molecule is COc1cc(C#N)cc(C=CCNC(=O)OC(C)(C)C)c1O. The van der Waals surface area contributed by atoms with Gasteiger partial charge in [-0.1, -0.05) is 12.2 Å². The number of benzene rings is 1. The van der Waals surface area contributed by atoms with Crippen LogP contribution in [0.25, 0.3) is 6.08 Å². The lowest BCUT2D eigenvalue weighted by molar-refractivity contribution is 0.0534. The summed E-state index contributed by atoms with van der Waals surface area (Å²) in [5, 5.41) is 21.5. The fourth-order valence-electron chi connectivity index (χ4n) is 1.62. The van der Waals surface area contributed by atoms with E-state index in [1.54, 1.807) is 32.9 Å². The van der Waals surface area contributed by atoms with E-state index in [4.69, 9.17) is 14.7 Å². The standard InChI is InChI=1S/C16H20N2O4/c1-16(2,3)22-15(20)18-7-5-6-12-8-11(10-17)9-13(21-4)14(12)19/h5-6,8-9,19H,7H2,1-4H3,(H,18,20).